The van der Waals surface area contributed by atoms with E-state index in [9.17, 15) is 13.2 Å². The van der Waals surface area contributed by atoms with E-state index in [1.165, 1.54) is 38.0 Å². The van der Waals surface area contributed by atoms with Gasteiger partial charge in [0.05, 0.1) is 15.1 Å². The van der Waals surface area contributed by atoms with Gasteiger partial charge in [-0.15, -0.1) is 21.5 Å². The SMILES string of the molecule is CC(Sc1nnc(-c2cccs2)n1C)C(=O)Nc1ccc(Cl)c(S(=O)(=O)N(C)C)c1. The monoisotopic (exact) mass is 485 g/mol. The maximum Gasteiger partial charge on any atom is 0.244 e. The van der Waals surface area contributed by atoms with Crippen molar-refractivity contribution in [2.24, 2.45) is 7.05 Å². The summed E-state index contributed by atoms with van der Waals surface area (Å²) in [4.78, 5) is 13.6. The van der Waals surface area contributed by atoms with Crippen molar-refractivity contribution in [1.82, 2.24) is 19.1 Å². The second-order valence-electron chi connectivity index (χ2n) is 6.52. The highest BCUT2D eigenvalue weighted by Gasteiger charge is 2.23. The summed E-state index contributed by atoms with van der Waals surface area (Å²) in [6, 6.07) is 8.25. The number of nitrogens with one attached hydrogen (secondary N) is 1. The van der Waals surface area contributed by atoms with E-state index in [2.05, 4.69) is 15.5 Å². The van der Waals surface area contributed by atoms with Gasteiger partial charge in [-0.3, -0.25) is 4.79 Å². The minimum atomic E-state index is -3.73. The molecule has 0 aliphatic heterocycles. The van der Waals surface area contributed by atoms with Crippen molar-refractivity contribution < 1.29 is 13.2 Å². The molecule has 1 aromatic carbocycles. The number of sulfonamides is 1. The van der Waals surface area contributed by atoms with Gasteiger partial charge in [-0.25, -0.2) is 12.7 Å². The van der Waals surface area contributed by atoms with Crippen LogP contribution in [0.1, 0.15) is 6.92 Å². The predicted molar refractivity (Wildman–Crippen MR) is 121 cm³/mol. The number of carbonyl (C=O) groups is 1. The molecule has 0 fully saturated rings. The summed E-state index contributed by atoms with van der Waals surface area (Å²) in [6.45, 7) is 1.74. The van der Waals surface area contributed by atoms with Crippen LogP contribution < -0.4 is 5.32 Å². The van der Waals surface area contributed by atoms with Gasteiger partial charge >= 0.3 is 0 Å². The van der Waals surface area contributed by atoms with E-state index >= 15 is 0 Å². The van der Waals surface area contributed by atoms with Crippen LogP contribution in [0, 0.1) is 0 Å². The smallest absolute Gasteiger partial charge is 0.244 e. The van der Waals surface area contributed by atoms with Gasteiger partial charge in [0.25, 0.3) is 0 Å². The van der Waals surface area contributed by atoms with Crippen LogP contribution in [0.3, 0.4) is 0 Å². The predicted octanol–water partition coefficient (Wildman–Crippen LogP) is 3.57. The average molecular weight is 486 g/mol. The van der Waals surface area contributed by atoms with Crippen molar-refractivity contribution in [2.75, 3.05) is 19.4 Å². The first kappa shape index (κ1) is 22.8. The summed E-state index contributed by atoms with van der Waals surface area (Å²) in [5.41, 5.74) is 0.342. The van der Waals surface area contributed by atoms with Gasteiger partial charge in [0.2, 0.25) is 15.9 Å². The molecule has 1 N–H and O–H groups in total. The number of halogens is 1. The van der Waals surface area contributed by atoms with Crippen molar-refractivity contribution in [3.05, 3.63) is 40.7 Å². The van der Waals surface area contributed by atoms with Crippen LogP contribution in [-0.4, -0.2) is 52.7 Å². The molecule has 1 amide bonds. The Bertz CT molecular complexity index is 1160. The highest BCUT2D eigenvalue weighted by atomic mass is 35.5. The summed E-state index contributed by atoms with van der Waals surface area (Å²) in [6.07, 6.45) is 0. The summed E-state index contributed by atoms with van der Waals surface area (Å²) in [5.74, 6) is 0.438. The van der Waals surface area contributed by atoms with E-state index in [0.29, 0.717) is 10.8 Å². The number of hydrogen-bond acceptors (Lipinski definition) is 7. The van der Waals surface area contributed by atoms with Crippen molar-refractivity contribution in [2.45, 2.75) is 22.2 Å². The van der Waals surface area contributed by atoms with Crippen molar-refractivity contribution in [3.63, 3.8) is 0 Å². The molecule has 8 nitrogen and oxygen atoms in total. The number of rotatable bonds is 7. The number of thioether (sulfide) groups is 1. The molecule has 2 heterocycles. The molecule has 0 aliphatic rings. The number of nitrogens with zero attached hydrogens (tertiary/aromatic N) is 4. The molecule has 30 heavy (non-hydrogen) atoms. The van der Waals surface area contributed by atoms with E-state index in [1.807, 2.05) is 29.1 Å². The highest BCUT2D eigenvalue weighted by molar-refractivity contribution is 8.00. The second-order valence-corrected chi connectivity index (χ2v) is 11.3. The lowest BCUT2D eigenvalue weighted by atomic mass is 10.3. The number of aromatic nitrogens is 3. The van der Waals surface area contributed by atoms with E-state index in [4.69, 9.17) is 11.6 Å². The summed E-state index contributed by atoms with van der Waals surface area (Å²) < 4.78 is 27.7. The molecule has 160 valence electrons. The molecule has 0 saturated heterocycles. The number of carbonyl (C=O) groups excluding carboxylic acids is 1. The highest BCUT2D eigenvalue weighted by Crippen LogP contribution is 2.30. The van der Waals surface area contributed by atoms with Crippen LogP contribution in [0.15, 0.2) is 45.8 Å². The van der Waals surface area contributed by atoms with E-state index in [0.717, 1.165) is 15.0 Å². The lowest BCUT2D eigenvalue weighted by Crippen LogP contribution is -2.24. The molecule has 0 aliphatic carbocycles. The third-order valence-corrected chi connectivity index (χ3v) is 8.48. The quantitative estimate of drug-likeness (QED) is 0.514. The Morgan fingerprint density at radius 1 is 1.30 bits per heavy atom. The molecule has 2 aromatic heterocycles. The Morgan fingerprint density at radius 2 is 2.03 bits per heavy atom. The van der Waals surface area contributed by atoms with E-state index in [-0.39, 0.29) is 15.8 Å². The van der Waals surface area contributed by atoms with Gasteiger partial charge in [-0.05, 0) is 36.6 Å². The molecule has 1 atom stereocenters. The van der Waals surface area contributed by atoms with Crippen LogP contribution in [0.4, 0.5) is 5.69 Å². The molecule has 3 aromatic rings. The first-order chi connectivity index (χ1) is 14.1. The average Bonchev–Trinajstić information content (AvgIpc) is 3.33. The van der Waals surface area contributed by atoms with Crippen LogP contribution in [-0.2, 0) is 21.9 Å². The van der Waals surface area contributed by atoms with Gasteiger partial charge in [-0.2, -0.15) is 0 Å². The Labute approximate surface area is 188 Å². The van der Waals surface area contributed by atoms with E-state index < -0.39 is 15.3 Å². The third-order valence-electron chi connectivity index (χ3n) is 4.19. The number of anilines is 1. The number of amides is 1. The number of benzene rings is 1. The summed E-state index contributed by atoms with van der Waals surface area (Å²) in [5, 5.41) is 13.3. The van der Waals surface area contributed by atoms with Gasteiger partial charge in [0.1, 0.15) is 4.90 Å². The largest absolute Gasteiger partial charge is 0.325 e. The minimum absolute atomic E-state index is 0.0684. The fourth-order valence-electron chi connectivity index (χ4n) is 2.47. The molecule has 0 bridgehead atoms. The van der Waals surface area contributed by atoms with Crippen LogP contribution >= 0.6 is 34.7 Å². The zero-order valence-electron chi connectivity index (χ0n) is 16.7. The van der Waals surface area contributed by atoms with Crippen molar-refractivity contribution in [3.8, 4) is 10.7 Å². The first-order valence-corrected chi connectivity index (χ1v) is 12.3. The van der Waals surface area contributed by atoms with Crippen LogP contribution in [0.5, 0.6) is 0 Å². The lowest BCUT2D eigenvalue weighted by molar-refractivity contribution is -0.115. The molecule has 12 heteroatoms. The fourth-order valence-corrected chi connectivity index (χ4v) is 5.42. The Hall–Kier alpha value is -1.92. The van der Waals surface area contributed by atoms with Crippen LogP contribution in [0.2, 0.25) is 5.02 Å². The van der Waals surface area contributed by atoms with E-state index in [1.54, 1.807) is 24.3 Å². The minimum Gasteiger partial charge on any atom is -0.325 e. The molecule has 3 rings (SSSR count). The Balaban J connectivity index is 1.74. The fraction of sp³-hybridized carbons (Fsp3) is 0.278. The lowest BCUT2D eigenvalue weighted by Gasteiger charge is -2.15. The molecule has 1 unspecified atom stereocenters. The van der Waals surface area contributed by atoms with Gasteiger partial charge < -0.3 is 9.88 Å². The zero-order chi connectivity index (χ0) is 22.1. The second kappa shape index (κ2) is 9.06. The summed E-state index contributed by atoms with van der Waals surface area (Å²) >= 11 is 8.88. The van der Waals surface area contributed by atoms with Crippen molar-refractivity contribution >= 4 is 56.3 Å². The third kappa shape index (κ3) is 4.70. The zero-order valence-corrected chi connectivity index (χ0v) is 19.9. The van der Waals surface area contributed by atoms with Gasteiger partial charge in [0, 0.05) is 26.8 Å². The molecule has 0 saturated carbocycles. The molecular weight excluding hydrogens is 466 g/mol. The van der Waals surface area contributed by atoms with Gasteiger partial charge in [0.15, 0.2) is 11.0 Å². The molecule has 0 radical (unpaired) electrons. The number of thiophene rings is 1. The van der Waals surface area contributed by atoms with Crippen molar-refractivity contribution in [1.29, 1.82) is 0 Å². The Kier molecular flexibility index (Phi) is 6.88. The van der Waals surface area contributed by atoms with Crippen LogP contribution in [0.25, 0.3) is 10.7 Å². The Morgan fingerprint density at radius 3 is 2.67 bits per heavy atom. The van der Waals surface area contributed by atoms with Gasteiger partial charge in [-0.1, -0.05) is 29.4 Å². The summed E-state index contributed by atoms with van der Waals surface area (Å²) in [7, 11) is 0.947. The molecule has 0 spiro atoms. The first-order valence-electron chi connectivity index (χ1n) is 8.74. The number of hydrogen-bond donors (Lipinski definition) is 1. The maximum absolute atomic E-state index is 12.7. The normalized spacial score (nSPS) is 12.9. The topological polar surface area (TPSA) is 97.2 Å². The molecular formula is C18H20ClN5O3S3. The maximum atomic E-state index is 12.7. The standard InChI is InChI=1S/C18H20ClN5O3S3/c1-11(29-18-22-21-16(24(18)4)14-6-5-9-28-14)17(25)20-12-7-8-13(19)15(10-12)30(26,27)23(2)3/h5-11H,1-4H3,(H,20,25).